The fraction of sp³-hybridized carbons (Fsp3) is 0.372. The van der Waals surface area contributed by atoms with Gasteiger partial charge in [-0.25, -0.2) is 9.50 Å². The smallest absolute Gasteiger partial charge is 0.271 e. The van der Waals surface area contributed by atoms with Crippen molar-refractivity contribution < 1.29 is 19.2 Å². The summed E-state index contributed by atoms with van der Waals surface area (Å²) in [6.07, 6.45) is 8.78. The molecular weight excluding hydrogens is 735 g/mol. The van der Waals surface area contributed by atoms with Crippen LogP contribution >= 0.6 is 0 Å². The first-order chi connectivity index (χ1) is 28.2. The second-order valence-electron chi connectivity index (χ2n) is 15.8. The molecule has 2 aromatic carbocycles. The molecule has 15 nitrogen and oxygen atoms in total. The molecule has 9 rings (SSSR count). The lowest BCUT2D eigenvalue weighted by Crippen LogP contribution is -2.51. The number of hydrogen-bond donors (Lipinski definition) is 3. The van der Waals surface area contributed by atoms with Crippen molar-refractivity contribution in [1.82, 2.24) is 35.1 Å². The highest BCUT2D eigenvalue weighted by atomic mass is 16.2. The molecule has 2 saturated heterocycles. The van der Waals surface area contributed by atoms with Gasteiger partial charge in [0.2, 0.25) is 18.2 Å². The van der Waals surface area contributed by atoms with Crippen LogP contribution < -0.4 is 30.7 Å². The lowest BCUT2D eigenvalue weighted by Gasteiger charge is -2.34. The number of carbonyl (C=O) groups is 4. The van der Waals surface area contributed by atoms with Crippen molar-refractivity contribution in [2.45, 2.75) is 63.1 Å². The molecule has 0 bridgehead atoms. The molecular formula is C43H47N11O4. The van der Waals surface area contributed by atoms with Crippen LogP contribution in [0.15, 0.2) is 67.0 Å². The Morgan fingerprint density at radius 3 is 2.64 bits per heavy atom. The summed E-state index contributed by atoms with van der Waals surface area (Å²) in [7, 11) is 5.41. The Bertz CT molecular complexity index is 2440. The fourth-order valence-corrected chi connectivity index (χ4v) is 8.70. The molecule has 15 heteroatoms. The van der Waals surface area contributed by atoms with Crippen molar-refractivity contribution in [3.8, 4) is 11.3 Å². The number of nitrogens with zero attached hydrogens (tertiary/aromatic N) is 8. The van der Waals surface area contributed by atoms with E-state index in [1.54, 1.807) is 22.7 Å². The Labute approximate surface area is 336 Å². The number of imide groups is 1. The van der Waals surface area contributed by atoms with Gasteiger partial charge in [0.1, 0.15) is 6.04 Å². The number of anilines is 5. The van der Waals surface area contributed by atoms with Gasteiger partial charge < -0.3 is 25.3 Å². The maximum Gasteiger partial charge on any atom is 0.271 e. The zero-order chi connectivity index (χ0) is 40.1. The minimum atomic E-state index is -0.493. The van der Waals surface area contributed by atoms with Gasteiger partial charge in [-0.15, -0.1) is 5.10 Å². The Kier molecular flexibility index (Phi) is 9.76. The van der Waals surface area contributed by atoms with E-state index in [0.29, 0.717) is 17.8 Å². The van der Waals surface area contributed by atoms with E-state index in [1.807, 2.05) is 37.3 Å². The van der Waals surface area contributed by atoms with Crippen molar-refractivity contribution in [3.63, 3.8) is 0 Å². The maximum absolute atomic E-state index is 13.1. The highest BCUT2D eigenvalue weighted by molar-refractivity contribution is 6.02. The summed E-state index contributed by atoms with van der Waals surface area (Å²) in [5, 5.41) is 13.7. The van der Waals surface area contributed by atoms with Crippen molar-refractivity contribution in [3.05, 3.63) is 89.4 Å². The Morgan fingerprint density at radius 2 is 1.84 bits per heavy atom. The number of rotatable bonds is 12. The number of piperidine rings is 1. The third-order valence-electron chi connectivity index (χ3n) is 12.0. The predicted octanol–water partition coefficient (Wildman–Crippen LogP) is 4.24. The van der Waals surface area contributed by atoms with Gasteiger partial charge in [0, 0.05) is 76.8 Å². The van der Waals surface area contributed by atoms with Crippen LogP contribution in [-0.2, 0) is 27.3 Å². The average Bonchev–Trinajstić information content (AvgIpc) is 3.56. The van der Waals surface area contributed by atoms with Gasteiger partial charge in [0.05, 0.1) is 29.0 Å². The molecule has 4 amide bonds. The Hall–Kier alpha value is -6.35. The van der Waals surface area contributed by atoms with Crippen LogP contribution in [0.4, 0.5) is 28.6 Å². The van der Waals surface area contributed by atoms with Gasteiger partial charge >= 0.3 is 0 Å². The Balaban J connectivity index is 0.917. The lowest BCUT2D eigenvalue weighted by atomic mass is 9.96. The number of imidazole rings is 1. The van der Waals surface area contributed by atoms with Crippen LogP contribution in [0.25, 0.3) is 16.9 Å². The highest BCUT2D eigenvalue weighted by Gasteiger charge is 2.33. The molecule has 58 heavy (non-hydrogen) atoms. The molecule has 3 fully saturated rings. The van der Waals surface area contributed by atoms with E-state index in [0.717, 1.165) is 104 Å². The number of aromatic nitrogens is 4. The zero-order valence-electron chi connectivity index (χ0n) is 32.9. The fourth-order valence-electron chi connectivity index (χ4n) is 8.70. The van der Waals surface area contributed by atoms with Crippen molar-refractivity contribution in [2.24, 2.45) is 0 Å². The summed E-state index contributed by atoms with van der Waals surface area (Å²) in [4.78, 5) is 66.9. The third kappa shape index (κ3) is 6.99. The van der Waals surface area contributed by atoms with Crippen LogP contribution in [0.2, 0.25) is 0 Å². The molecule has 0 spiro atoms. The van der Waals surface area contributed by atoms with E-state index >= 15 is 0 Å². The van der Waals surface area contributed by atoms with E-state index in [4.69, 9.17) is 10.1 Å². The number of nitrogens with one attached hydrogen (secondary N) is 3. The molecule has 5 aromatic rings. The van der Waals surface area contributed by atoms with Crippen molar-refractivity contribution >= 4 is 58.3 Å². The summed E-state index contributed by atoms with van der Waals surface area (Å²) in [5.41, 5.74) is 9.94. The van der Waals surface area contributed by atoms with Crippen LogP contribution in [-0.4, -0.2) is 101 Å². The molecule has 2 unspecified atom stereocenters. The normalized spacial score (nSPS) is 19.3. The monoisotopic (exact) mass is 781 g/mol. The molecule has 298 valence electrons. The van der Waals surface area contributed by atoms with Crippen LogP contribution in [0, 0.1) is 0 Å². The number of benzene rings is 2. The molecule has 3 N–H and O–H groups in total. The van der Waals surface area contributed by atoms with Gasteiger partial charge in [-0.2, -0.15) is 0 Å². The quantitative estimate of drug-likeness (QED) is 0.123. The van der Waals surface area contributed by atoms with E-state index in [9.17, 15) is 19.2 Å². The summed E-state index contributed by atoms with van der Waals surface area (Å²) in [6, 6.07) is 18.5. The first kappa shape index (κ1) is 37.2. The van der Waals surface area contributed by atoms with Gasteiger partial charge in [-0.05, 0) is 91.6 Å². The topological polar surface area (TPSA) is 160 Å². The molecule has 1 saturated carbocycles. The standard InChI is InChI=1S/C43H47N11O4/c1-44-33-21-39(49-54-38(22-46-41(33)54)43(58)47-29-8-9-29)53-18-15-31-30(5-4-6-34(31)53)32-19-26(13-16-45-32)23-52-17-14-28(24-52)27-7-10-35(37(20-27)50(2)25-55)51(3)36-11-12-40(56)48-42(36)57/h4-7,10,13,16,19-22,25,28-29,36,44H,8-9,11-12,14-15,17-18,23-24H2,1-3H3,(H,47,58)(H,48,56,57). The van der Waals surface area contributed by atoms with Crippen LogP contribution in [0.3, 0.4) is 0 Å². The van der Waals surface area contributed by atoms with Crippen molar-refractivity contribution in [2.75, 3.05) is 60.8 Å². The van der Waals surface area contributed by atoms with E-state index in [2.05, 4.69) is 73.2 Å². The lowest BCUT2D eigenvalue weighted by molar-refractivity contribution is -0.134. The zero-order valence-corrected chi connectivity index (χ0v) is 32.9. The Morgan fingerprint density at radius 1 is 0.983 bits per heavy atom. The third-order valence-corrected chi connectivity index (χ3v) is 12.0. The van der Waals surface area contributed by atoms with Crippen LogP contribution in [0.5, 0.6) is 0 Å². The second kappa shape index (κ2) is 15.2. The van der Waals surface area contributed by atoms with Crippen LogP contribution in [0.1, 0.15) is 65.2 Å². The number of pyridine rings is 1. The van der Waals surface area contributed by atoms with Gasteiger partial charge in [-0.1, -0.05) is 18.2 Å². The number of likely N-dealkylation sites (N-methyl/N-ethyl adjacent to an activating group) is 1. The SMILES string of the molecule is CNc1cc(N2CCc3c(-c4cc(CN5CCC(c6ccc(N(C)C7CCC(=O)NC7=O)c(N(C)C=O)c6)C5)ccn4)cccc32)nn2c(C(=O)NC3CC3)cnc12. The van der Waals surface area contributed by atoms with Gasteiger partial charge in [0.25, 0.3) is 5.91 Å². The average molecular weight is 782 g/mol. The summed E-state index contributed by atoms with van der Waals surface area (Å²) in [6.45, 7) is 3.32. The van der Waals surface area contributed by atoms with E-state index in [1.165, 1.54) is 11.1 Å². The number of amides is 4. The minimum absolute atomic E-state index is 0.163. The number of carbonyl (C=O) groups excluding carboxylic acids is 4. The minimum Gasteiger partial charge on any atom is -0.385 e. The molecule has 0 radical (unpaired) electrons. The molecule has 6 heterocycles. The second-order valence-corrected chi connectivity index (χ2v) is 15.8. The molecule has 4 aliphatic rings. The highest BCUT2D eigenvalue weighted by Crippen LogP contribution is 2.41. The predicted molar refractivity (Wildman–Crippen MR) is 222 cm³/mol. The summed E-state index contributed by atoms with van der Waals surface area (Å²) < 4.78 is 1.65. The van der Waals surface area contributed by atoms with E-state index in [-0.39, 0.29) is 36.1 Å². The molecule has 3 aromatic heterocycles. The maximum atomic E-state index is 13.1. The largest absolute Gasteiger partial charge is 0.385 e. The molecule has 3 aliphatic heterocycles. The molecule has 1 aliphatic carbocycles. The number of likely N-dealkylation sites (tertiary alicyclic amines) is 1. The number of hydrogen-bond acceptors (Lipinski definition) is 11. The number of fused-ring (bicyclic) bond motifs is 2. The van der Waals surface area contributed by atoms with Gasteiger partial charge in [0.15, 0.2) is 17.2 Å². The summed E-state index contributed by atoms with van der Waals surface area (Å²) >= 11 is 0. The first-order valence-electron chi connectivity index (χ1n) is 20.0. The van der Waals surface area contributed by atoms with E-state index < -0.39 is 6.04 Å². The summed E-state index contributed by atoms with van der Waals surface area (Å²) in [5.74, 6) is 0.274. The first-order valence-corrected chi connectivity index (χ1v) is 20.0. The molecule has 2 atom stereocenters. The van der Waals surface area contributed by atoms with Crippen molar-refractivity contribution in [1.29, 1.82) is 0 Å². The van der Waals surface area contributed by atoms with Gasteiger partial charge in [-0.3, -0.25) is 34.4 Å².